The van der Waals surface area contributed by atoms with Crippen LogP contribution in [0.3, 0.4) is 0 Å². The van der Waals surface area contributed by atoms with Gasteiger partial charge in [-0.3, -0.25) is 5.10 Å². The predicted molar refractivity (Wildman–Crippen MR) is 76.2 cm³/mol. The Bertz CT molecular complexity index is 674. The van der Waals surface area contributed by atoms with Crippen LogP contribution in [0.2, 0.25) is 0 Å². The molecule has 1 heterocycles. The fraction of sp³-hybridized carbons (Fsp3) is 0.188. The summed E-state index contributed by atoms with van der Waals surface area (Å²) in [7, 11) is 0. The summed E-state index contributed by atoms with van der Waals surface area (Å²) in [4.78, 5) is 0. The molecule has 0 saturated carbocycles. The molecule has 0 fully saturated rings. The van der Waals surface area contributed by atoms with Crippen molar-refractivity contribution in [3.63, 3.8) is 0 Å². The van der Waals surface area contributed by atoms with Gasteiger partial charge >= 0.3 is 0 Å². The number of hydrogen-bond acceptors (Lipinski definition) is 2. The van der Waals surface area contributed by atoms with Crippen LogP contribution < -0.4 is 4.74 Å². The van der Waals surface area contributed by atoms with Crippen LogP contribution in [0.25, 0.3) is 10.9 Å². The summed E-state index contributed by atoms with van der Waals surface area (Å²) in [5.74, 6) is 0.895. The zero-order chi connectivity index (χ0) is 13.1. The second-order valence-corrected chi connectivity index (χ2v) is 4.55. The van der Waals surface area contributed by atoms with Crippen LogP contribution in [0.4, 0.5) is 0 Å². The van der Waals surface area contributed by atoms with Gasteiger partial charge in [0.05, 0.1) is 17.1 Å². The second-order valence-electron chi connectivity index (χ2n) is 4.55. The van der Waals surface area contributed by atoms with Crippen LogP contribution in [0.5, 0.6) is 5.75 Å². The number of rotatable bonds is 4. The number of aromatic nitrogens is 2. The monoisotopic (exact) mass is 252 g/mol. The SMILES string of the molecule is CCc1cc(OCc2ccccc2)c2cn[nH]c2c1. The number of fused-ring (bicyclic) bond motifs is 1. The molecule has 0 amide bonds. The molecule has 3 heteroatoms. The van der Waals surface area contributed by atoms with Gasteiger partial charge in [-0.05, 0) is 29.7 Å². The van der Waals surface area contributed by atoms with Crippen LogP contribution in [-0.4, -0.2) is 10.2 Å². The van der Waals surface area contributed by atoms with E-state index >= 15 is 0 Å². The van der Waals surface area contributed by atoms with Crippen molar-refractivity contribution in [2.75, 3.05) is 0 Å². The van der Waals surface area contributed by atoms with Crippen molar-refractivity contribution in [3.05, 3.63) is 59.8 Å². The van der Waals surface area contributed by atoms with Crippen molar-refractivity contribution in [1.29, 1.82) is 0 Å². The van der Waals surface area contributed by atoms with E-state index < -0.39 is 0 Å². The Labute approximate surface area is 112 Å². The van der Waals surface area contributed by atoms with Crippen LogP contribution in [0.1, 0.15) is 18.1 Å². The summed E-state index contributed by atoms with van der Waals surface area (Å²) in [5.41, 5.74) is 3.45. The summed E-state index contributed by atoms with van der Waals surface area (Å²) >= 11 is 0. The molecule has 0 radical (unpaired) electrons. The smallest absolute Gasteiger partial charge is 0.131 e. The number of nitrogens with one attached hydrogen (secondary N) is 1. The van der Waals surface area contributed by atoms with Crippen LogP contribution in [-0.2, 0) is 13.0 Å². The zero-order valence-corrected chi connectivity index (χ0v) is 10.9. The average molecular weight is 252 g/mol. The van der Waals surface area contributed by atoms with E-state index in [4.69, 9.17) is 4.74 Å². The molecule has 2 aromatic carbocycles. The highest BCUT2D eigenvalue weighted by molar-refractivity contribution is 5.85. The molecular weight excluding hydrogens is 236 g/mol. The fourth-order valence-corrected chi connectivity index (χ4v) is 2.13. The Morgan fingerprint density at radius 2 is 1.95 bits per heavy atom. The molecule has 3 aromatic rings. The molecule has 1 N–H and O–H groups in total. The van der Waals surface area contributed by atoms with Crippen molar-refractivity contribution in [1.82, 2.24) is 10.2 Å². The third-order valence-corrected chi connectivity index (χ3v) is 3.23. The second kappa shape index (κ2) is 5.14. The molecule has 0 bridgehead atoms. The molecule has 0 atom stereocenters. The van der Waals surface area contributed by atoms with Gasteiger partial charge in [-0.25, -0.2) is 0 Å². The number of benzene rings is 2. The maximum absolute atomic E-state index is 5.95. The lowest BCUT2D eigenvalue weighted by Gasteiger charge is -2.09. The number of aryl methyl sites for hydroxylation is 1. The molecule has 3 nitrogen and oxygen atoms in total. The Morgan fingerprint density at radius 3 is 2.74 bits per heavy atom. The minimum Gasteiger partial charge on any atom is -0.488 e. The molecule has 0 spiro atoms. The maximum Gasteiger partial charge on any atom is 0.131 e. The molecule has 1 aromatic heterocycles. The van der Waals surface area contributed by atoms with E-state index in [-0.39, 0.29) is 0 Å². The van der Waals surface area contributed by atoms with E-state index in [2.05, 4.69) is 41.4 Å². The van der Waals surface area contributed by atoms with E-state index in [0.717, 1.165) is 23.1 Å². The van der Waals surface area contributed by atoms with Crippen molar-refractivity contribution in [2.45, 2.75) is 20.0 Å². The lowest BCUT2D eigenvalue weighted by Crippen LogP contribution is -1.96. The first kappa shape index (κ1) is 11.8. The molecule has 96 valence electrons. The number of nitrogens with zero attached hydrogens (tertiary/aromatic N) is 1. The van der Waals surface area contributed by atoms with E-state index in [1.807, 2.05) is 24.4 Å². The Balaban J connectivity index is 1.89. The molecular formula is C16H16N2O. The fourth-order valence-electron chi connectivity index (χ4n) is 2.13. The largest absolute Gasteiger partial charge is 0.488 e. The van der Waals surface area contributed by atoms with Crippen molar-refractivity contribution >= 4 is 10.9 Å². The summed E-state index contributed by atoms with van der Waals surface area (Å²) in [6.07, 6.45) is 2.80. The molecule has 19 heavy (non-hydrogen) atoms. The molecule has 3 rings (SSSR count). The van der Waals surface area contributed by atoms with E-state index in [1.165, 1.54) is 11.1 Å². The van der Waals surface area contributed by atoms with Gasteiger partial charge in [-0.15, -0.1) is 0 Å². The van der Waals surface area contributed by atoms with Gasteiger partial charge in [-0.1, -0.05) is 37.3 Å². The van der Waals surface area contributed by atoms with Crippen molar-refractivity contribution in [3.8, 4) is 5.75 Å². The summed E-state index contributed by atoms with van der Waals surface area (Å²) < 4.78 is 5.95. The lowest BCUT2D eigenvalue weighted by atomic mass is 10.1. The van der Waals surface area contributed by atoms with Crippen molar-refractivity contribution in [2.24, 2.45) is 0 Å². The third-order valence-electron chi connectivity index (χ3n) is 3.23. The first-order chi connectivity index (χ1) is 9.36. The van der Waals surface area contributed by atoms with Crippen molar-refractivity contribution < 1.29 is 4.74 Å². The van der Waals surface area contributed by atoms with E-state index in [0.29, 0.717) is 6.61 Å². The van der Waals surface area contributed by atoms with Gasteiger partial charge in [0.15, 0.2) is 0 Å². The minimum absolute atomic E-state index is 0.578. The summed E-state index contributed by atoms with van der Waals surface area (Å²) in [5, 5.41) is 8.13. The molecule has 0 aliphatic carbocycles. The maximum atomic E-state index is 5.95. The molecule has 0 aliphatic heterocycles. The van der Waals surface area contributed by atoms with Crippen LogP contribution in [0.15, 0.2) is 48.7 Å². The Kier molecular flexibility index (Phi) is 3.19. The number of aromatic amines is 1. The standard InChI is InChI=1S/C16H16N2O/c1-2-12-8-15-14(10-17-18-15)16(9-12)19-11-13-6-4-3-5-7-13/h3-10H,2,11H2,1H3,(H,17,18). The van der Waals surface area contributed by atoms with Gasteiger partial charge in [-0.2, -0.15) is 5.10 Å². The first-order valence-electron chi connectivity index (χ1n) is 6.49. The molecule has 0 unspecified atom stereocenters. The number of ether oxygens (including phenoxy) is 1. The average Bonchev–Trinajstić information content (AvgIpc) is 2.94. The van der Waals surface area contributed by atoms with Gasteiger partial charge in [0, 0.05) is 0 Å². The Hall–Kier alpha value is -2.29. The van der Waals surface area contributed by atoms with Crippen LogP contribution >= 0.6 is 0 Å². The van der Waals surface area contributed by atoms with Gasteiger partial charge in [0.25, 0.3) is 0 Å². The summed E-state index contributed by atoms with van der Waals surface area (Å²) in [6, 6.07) is 14.4. The van der Waals surface area contributed by atoms with E-state index in [1.54, 1.807) is 0 Å². The minimum atomic E-state index is 0.578. The number of H-pyrrole nitrogens is 1. The normalized spacial score (nSPS) is 10.8. The number of hydrogen-bond donors (Lipinski definition) is 1. The topological polar surface area (TPSA) is 37.9 Å². The first-order valence-corrected chi connectivity index (χ1v) is 6.49. The Morgan fingerprint density at radius 1 is 1.11 bits per heavy atom. The zero-order valence-electron chi connectivity index (χ0n) is 10.9. The third kappa shape index (κ3) is 2.45. The predicted octanol–water partition coefficient (Wildman–Crippen LogP) is 3.70. The quantitative estimate of drug-likeness (QED) is 0.768. The van der Waals surface area contributed by atoms with Gasteiger partial charge in [0.2, 0.25) is 0 Å². The molecule has 0 saturated heterocycles. The lowest BCUT2D eigenvalue weighted by molar-refractivity contribution is 0.310. The highest BCUT2D eigenvalue weighted by Gasteiger charge is 2.06. The highest BCUT2D eigenvalue weighted by Crippen LogP contribution is 2.27. The van der Waals surface area contributed by atoms with Gasteiger partial charge < -0.3 is 4.74 Å². The summed E-state index contributed by atoms with van der Waals surface area (Å²) in [6.45, 7) is 2.72. The highest BCUT2D eigenvalue weighted by atomic mass is 16.5. The van der Waals surface area contributed by atoms with Gasteiger partial charge in [0.1, 0.15) is 12.4 Å². The van der Waals surface area contributed by atoms with Crippen LogP contribution in [0, 0.1) is 0 Å². The molecule has 0 aliphatic rings. The van der Waals surface area contributed by atoms with E-state index in [9.17, 15) is 0 Å².